The molecule has 0 saturated heterocycles. The first-order valence-electron chi connectivity index (χ1n) is 15.5. The molecule has 0 saturated carbocycles. The highest BCUT2D eigenvalue weighted by atomic mass is 32.2. The van der Waals surface area contributed by atoms with Gasteiger partial charge < -0.3 is 0 Å². The molecule has 0 bridgehead atoms. The Labute approximate surface area is 274 Å². The van der Waals surface area contributed by atoms with Crippen LogP contribution in [-0.2, 0) is 5.41 Å². The molecule has 1 aromatic heterocycles. The highest BCUT2D eigenvalue weighted by Gasteiger charge is 2.33. The van der Waals surface area contributed by atoms with Crippen LogP contribution in [-0.4, -0.2) is 15.0 Å². The molecule has 0 aliphatic carbocycles. The summed E-state index contributed by atoms with van der Waals surface area (Å²) in [5, 5.41) is 0. The number of fused-ring (bicyclic) bond motifs is 2. The number of hydrogen-bond acceptors (Lipinski definition) is 4. The zero-order valence-corrected chi connectivity index (χ0v) is 26.5. The Hall–Kier alpha value is -5.32. The topological polar surface area (TPSA) is 38.7 Å². The van der Waals surface area contributed by atoms with E-state index in [9.17, 15) is 0 Å². The van der Waals surface area contributed by atoms with Crippen LogP contribution < -0.4 is 0 Å². The van der Waals surface area contributed by atoms with Crippen molar-refractivity contribution in [3.05, 3.63) is 163 Å². The van der Waals surface area contributed by atoms with E-state index in [1.54, 1.807) is 0 Å². The lowest BCUT2D eigenvalue weighted by Gasteiger charge is -2.34. The second-order valence-corrected chi connectivity index (χ2v) is 13.1. The molecular weight excluding hydrogens is 579 g/mol. The van der Waals surface area contributed by atoms with Crippen LogP contribution in [0.5, 0.6) is 0 Å². The molecule has 4 heteroatoms. The summed E-state index contributed by atoms with van der Waals surface area (Å²) in [5.74, 6) is 1.96. The Morgan fingerprint density at radius 2 is 0.870 bits per heavy atom. The minimum absolute atomic E-state index is 0.0621. The van der Waals surface area contributed by atoms with Gasteiger partial charge in [0.15, 0.2) is 17.5 Å². The van der Waals surface area contributed by atoms with Gasteiger partial charge in [-0.1, -0.05) is 165 Å². The Kier molecular flexibility index (Phi) is 7.08. The molecule has 0 radical (unpaired) electrons. The third-order valence-electron chi connectivity index (χ3n) is 8.83. The van der Waals surface area contributed by atoms with Gasteiger partial charge in [-0.05, 0) is 45.5 Å². The molecule has 0 unspecified atom stereocenters. The van der Waals surface area contributed by atoms with Crippen LogP contribution in [0.25, 0.3) is 56.4 Å². The van der Waals surface area contributed by atoms with Crippen LogP contribution in [0, 0.1) is 0 Å². The fourth-order valence-corrected chi connectivity index (χ4v) is 7.87. The predicted molar refractivity (Wildman–Crippen MR) is 190 cm³/mol. The number of aromatic nitrogens is 3. The average Bonchev–Trinajstić information content (AvgIpc) is 3.12. The fourth-order valence-electron chi connectivity index (χ4n) is 6.44. The van der Waals surface area contributed by atoms with Gasteiger partial charge in [-0.2, -0.15) is 0 Å². The summed E-state index contributed by atoms with van der Waals surface area (Å²) >= 11 is 1.87. The summed E-state index contributed by atoms with van der Waals surface area (Å²) in [6.45, 7) is 4.66. The number of hydrogen-bond donors (Lipinski definition) is 0. The third-order valence-corrected chi connectivity index (χ3v) is 9.96. The van der Waals surface area contributed by atoms with Crippen LogP contribution >= 0.6 is 11.8 Å². The highest BCUT2D eigenvalue weighted by Crippen LogP contribution is 2.50. The van der Waals surface area contributed by atoms with E-state index in [-0.39, 0.29) is 5.41 Å². The summed E-state index contributed by atoms with van der Waals surface area (Å²) in [5.41, 5.74) is 10.2. The molecule has 0 spiro atoms. The third kappa shape index (κ3) is 5.01. The molecule has 1 aliphatic rings. The summed E-state index contributed by atoms with van der Waals surface area (Å²) in [6.07, 6.45) is 0. The molecule has 3 nitrogen and oxygen atoms in total. The molecular formula is C42H31N3S. The Bertz CT molecular complexity index is 2150. The van der Waals surface area contributed by atoms with Gasteiger partial charge in [0.25, 0.3) is 0 Å². The standard InChI is InChI=1S/C42H31N3S/c1-42(2)35-23-13-14-24-37(35)46-38-27-30(25-26-36(38)42)31-19-9-10-20-32(31)33-21-11-12-22-34(33)41-44-39(28-15-5-3-6-16-28)43-40(45-41)29-17-7-4-8-18-29/h3-27H,1-2H3. The van der Waals surface area contributed by atoms with E-state index < -0.39 is 0 Å². The summed E-state index contributed by atoms with van der Waals surface area (Å²) in [4.78, 5) is 17.7. The van der Waals surface area contributed by atoms with Gasteiger partial charge in [0.2, 0.25) is 0 Å². The lowest BCUT2D eigenvalue weighted by molar-refractivity contribution is 0.607. The molecule has 1 aliphatic heterocycles. The smallest absolute Gasteiger partial charge is 0.164 e. The SMILES string of the molecule is CC1(C)c2ccccc2Sc2cc(-c3ccccc3-c3ccccc3-c3nc(-c4ccccc4)nc(-c4ccccc4)n3)ccc21. The maximum absolute atomic E-state index is 5.06. The molecule has 8 rings (SSSR count). The van der Waals surface area contributed by atoms with Crippen molar-refractivity contribution in [3.63, 3.8) is 0 Å². The Balaban J connectivity index is 1.27. The van der Waals surface area contributed by atoms with Crippen molar-refractivity contribution >= 4 is 11.8 Å². The van der Waals surface area contributed by atoms with Crippen molar-refractivity contribution in [2.24, 2.45) is 0 Å². The van der Waals surface area contributed by atoms with Crippen molar-refractivity contribution < 1.29 is 0 Å². The minimum atomic E-state index is -0.0621. The van der Waals surface area contributed by atoms with Crippen LogP contribution in [0.2, 0.25) is 0 Å². The molecule has 46 heavy (non-hydrogen) atoms. The van der Waals surface area contributed by atoms with E-state index in [1.165, 1.54) is 32.0 Å². The summed E-state index contributed by atoms with van der Waals surface area (Å²) in [6, 6.07) is 53.1. The molecule has 0 atom stereocenters. The first-order valence-corrected chi connectivity index (χ1v) is 16.4. The largest absolute Gasteiger partial charge is 0.208 e. The lowest BCUT2D eigenvalue weighted by Crippen LogP contribution is -2.23. The minimum Gasteiger partial charge on any atom is -0.208 e. The van der Waals surface area contributed by atoms with Crippen LogP contribution in [0.4, 0.5) is 0 Å². The van der Waals surface area contributed by atoms with Gasteiger partial charge in [0, 0.05) is 31.9 Å². The molecule has 0 fully saturated rings. The molecule has 6 aromatic carbocycles. The molecule has 0 N–H and O–H groups in total. The van der Waals surface area contributed by atoms with Crippen LogP contribution in [0.3, 0.4) is 0 Å². The highest BCUT2D eigenvalue weighted by molar-refractivity contribution is 7.99. The lowest BCUT2D eigenvalue weighted by atomic mass is 9.77. The van der Waals surface area contributed by atoms with Crippen molar-refractivity contribution in [2.75, 3.05) is 0 Å². The van der Waals surface area contributed by atoms with Gasteiger partial charge in [-0.3, -0.25) is 0 Å². The van der Waals surface area contributed by atoms with E-state index in [0.29, 0.717) is 17.5 Å². The van der Waals surface area contributed by atoms with E-state index in [0.717, 1.165) is 27.8 Å². The predicted octanol–water partition coefficient (Wildman–Crippen LogP) is 11.0. The van der Waals surface area contributed by atoms with Crippen molar-refractivity contribution in [1.29, 1.82) is 0 Å². The first-order chi connectivity index (χ1) is 22.6. The van der Waals surface area contributed by atoms with Gasteiger partial charge in [0.1, 0.15) is 0 Å². The molecule has 0 amide bonds. The Morgan fingerprint density at radius 3 is 1.52 bits per heavy atom. The molecule has 7 aromatic rings. The Morgan fingerprint density at radius 1 is 0.391 bits per heavy atom. The number of nitrogens with zero attached hydrogens (tertiary/aromatic N) is 3. The van der Waals surface area contributed by atoms with Crippen molar-refractivity contribution in [2.45, 2.75) is 29.1 Å². The van der Waals surface area contributed by atoms with Crippen molar-refractivity contribution in [1.82, 2.24) is 15.0 Å². The van der Waals surface area contributed by atoms with E-state index in [2.05, 4.69) is 105 Å². The van der Waals surface area contributed by atoms with E-state index in [1.807, 2.05) is 72.4 Å². The second-order valence-electron chi connectivity index (χ2n) is 12.1. The van der Waals surface area contributed by atoms with Gasteiger partial charge in [0.05, 0.1) is 0 Å². The van der Waals surface area contributed by atoms with Gasteiger partial charge in [-0.25, -0.2) is 15.0 Å². The quantitative estimate of drug-likeness (QED) is 0.195. The summed E-state index contributed by atoms with van der Waals surface area (Å²) in [7, 11) is 0. The summed E-state index contributed by atoms with van der Waals surface area (Å²) < 4.78 is 0. The fraction of sp³-hybridized carbons (Fsp3) is 0.0714. The number of rotatable bonds is 5. The average molecular weight is 610 g/mol. The van der Waals surface area contributed by atoms with Crippen LogP contribution in [0.15, 0.2) is 161 Å². The van der Waals surface area contributed by atoms with E-state index >= 15 is 0 Å². The van der Waals surface area contributed by atoms with E-state index in [4.69, 9.17) is 15.0 Å². The maximum atomic E-state index is 5.06. The van der Waals surface area contributed by atoms with Gasteiger partial charge >= 0.3 is 0 Å². The van der Waals surface area contributed by atoms with Crippen molar-refractivity contribution in [3.8, 4) is 56.4 Å². The zero-order chi connectivity index (χ0) is 31.1. The first kappa shape index (κ1) is 28.2. The number of benzene rings is 6. The van der Waals surface area contributed by atoms with Gasteiger partial charge in [-0.15, -0.1) is 0 Å². The molecule has 220 valence electrons. The van der Waals surface area contributed by atoms with Crippen LogP contribution in [0.1, 0.15) is 25.0 Å². The second kappa shape index (κ2) is 11.6. The molecule has 2 heterocycles. The monoisotopic (exact) mass is 609 g/mol. The zero-order valence-electron chi connectivity index (χ0n) is 25.7. The maximum Gasteiger partial charge on any atom is 0.164 e. The normalized spacial score (nSPS) is 13.1.